The third-order valence-corrected chi connectivity index (χ3v) is 4.42. The van der Waals surface area contributed by atoms with Gasteiger partial charge in [0.1, 0.15) is 17.9 Å². The Bertz CT molecular complexity index is 1180. The molecular weight excluding hydrogens is 356 g/mol. The van der Waals surface area contributed by atoms with Crippen molar-refractivity contribution in [3.05, 3.63) is 88.8 Å². The minimum atomic E-state index is -0.471. The predicted octanol–water partition coefficient (Wildman–Crippen LogP) is 4.46. The number of fused-ring (bicyclic) bond motifs is 3. The first kappa shape index (κ1) is 17.8. The zero-order valence-electron chi connectivity index (χ0n) is 15.1. The van der Waals surface area contributed by atoms with Gasteiger partial charge < -0.3 is 13.9 Å². The summed E-state index contributed by atoms with van der Waals surface area (Å²) in [6.07, 6.45) is 0.120. The number of ether oxygens (including phenoxy) is 2. The molecule has 3 aromatic carbocycles. The van der Waals surface area contributed by atoms with Crippen LogP contribution in [0.15, 0.2) is 82.0 Å². The highest BCUT2D eigenvalue weighted by atomic mass is 16.5. The Balaban J connectivity index is 1.49. The molecule has 0 aliphatic rings. The number of hydrogen-bond acceptors (Lipinski definition) is 5. The molecule has 0 aliphatic carbocycles. The van der Waals surface area contributed by atoms with Crippen LogP contribution in [0.5, 0.6) is 5.75 Å². The normalized spacial score (nSPS) is 10.9. The van der Waals surface area contributed by atoms with Crippen molar-refractivity contribution in [2.75, 3.05) is 6.61 Å². The van der Waals surface area contributed by atoms with E-state index in [2.05, 4.69) is 0 Å². The fraction of sp³-hybridized carbons (Fsp3) is 0.130. The summed E-state index contributed by atoms with van der Waals surface area (Å²) in [5, 5.41) is 2.75. The Morgan fingerprint density at radius 2 is 1.71 bits per heavy atom. The molecule has 28 heavy (non-hydrogen) atoms. The molecule has 1 heterocycles. The maximum Gasteiger partial charge on any atom is 0.336 e. The minimum Gasteiger partial charge on any atom is -0.493 e. The third kappa shape index (κ3) is 3.88. The van der Waals surface area contributed by atoms with Gasteiger partial charge in [-0.3, -0.25) is 4.79 Å². The van der Waals surface area contributed by atoms with Crippen LogP contribution in [-0.2, 0) is 16.1 Å². The van der Waals surface area contributed by atoms with Gasteiger partial charge in [0, 0.05) is 17.0 Å². The summed E-state index contributed by atoms with van der Waals surface area (Å²) in [5.74, 6) is 0.311. The number of carbonyl (C=O) groups excluding carboxylic acids is 1. The van der Waals surface area contributed by atoms with E-state index in [4.69, 9.17) is 13.9 Å². The molecule has 5 heteroatoms. The molecule has 0 atom stereocenters. The monoisotopic (exact) mass is 374 g/mol. The average Bonchev–Trinajstić information content (AvgIpc) is 2.72. The Morgan fingerprint density at radius 1 is 0.929 bits per heavy atom. The molecule has 0 N–H and O–H groups in total. The Kier molecular flexibility index (Phi) is 5.06. The highest BCUT2D eigenvalue weighted by Gasteiger charge is 2.12. The van der Waals surface area contributed by atoms with Gasteiger partial charge in [-0.05, 0) is 29.0 Å². The number of para-hydroxylation sites is 1. The summed E-state index contributed by atoms with van der Waals surface area (Å²) >= 11 is 0. The molecule has 0 aliphatic heterocycles. The van der Waals surface area contributed by atoms with Crippen molar-refractivity contribution in [3.63, 3.8) is 0 Å². The van der Waals surface area contributed by atoms with Crippen molar-refractivity contribution < 1.29 is 18.7 Å². The van der Waals surface area contributed by atoms with Crippen molar-refractivity contribution in [1.29, 1.82) is 0 Å². The summed E-state index contributed by atoms with van der Waals surface area (Å²) in [7, 11) is 0. The predicted molar refractivity (Wildman–Crippen MR) is 106 cm³/mol. The molecule has 1 aromatic heterocycles. The SMILES string of the molecule is O=C(CCOc1ccccc1)OCc1cc(=O)oc2ccc3ccccc3c12. The van der Waals surface area contributed by atoms with Crippen LogP contribution in [0.2, 0.25) is 0 Å². The van der Waals surface area contributed by atoms with Crippen LogP contribution in [0.25, 0.3) is 21.7 Å². The summed E-state index contributed by atoms with van der Waals surface area (Å²) in [6.45, 7) is 0.226. The Hall–Kier alpha value is -3.60. The van der Waals surface area contributed by atoms with Crippen LogP contribution in [0.1, 0.15) is 12.0 Å². The van der Waals surface area contributed by atoms with Crippen molar-refractivity contribution >= 4 is 27.7 Å². The molecule has 0 saturated heterocycles. The zero-order valence-corrected chi connectivity index (χ0v) is 15.1. The lowest BCUT2D eigenvalue weighted by molar-refractivity contribution is -0.145. The zero-order chi connectivity index (χ0) is 19.3. The van der Waals surface area contributed by atoms with E-state index in [-0.39, 0.29) is 19.6 Å². The van der Waals surface area contributed by atoms with Crippen LogP contribution in [0.3, 0.4) is 0 Å². The van der Waals surface area contributed by atoms with Gasteiger partial charge >= 0.3 is 11.6 Å². The number of rotatable bonds is 6. The number of esters is 1. The molecule has 0 radical (unpaired) electrons. The Labute approximate surface area is 161 Å². The average molecular weight is 374 g/mol. The molecule has 4 aromatic rings. The molecule has 5 nitrogen and oxygen atoms in total. The summed E-state index contributed by atoms with van der Waals surface area (Å²) in [6, 6.07) is 22.1. The van der Waals surface area contributed by atoms with Crippen LogP contribution in [0.4, 0.5) is 0 Å². The van der Waals surface area contributed by atoms with Crippen LogP contribution >= 0.6 is 0 Å². The second kappa shape index (κ2) is 7.96. The van der Waals surface area contributed by atoms with Gasteiger partial charge in [0.2, 0.25) is 0 Å². The smallest absolute Gasteiger partial charge is 0.336 e. The second-order valence-electron chi connectivity index (χ2n) is 6.32. The molecule has 0 unspecified atom stereocenters. The first-order valence-corrected chi connectivity index (χ1v) is 8.99. The lowest BCUT2D eigenvalue weighted by atomic mass is 10.0. The quantitative estimate of drug-likeness (QED) is 0.283. The molecule has 0 amide bonds. The fourth-order valence-corrected chi connectivity index (χ4v) is 3.13. The molecule has 4 rings (SSSR count). The van der Waals surface area contributed by atoms with Gasteiger partial charge in [-0.25, -0.2) is 4.79 Å². The van der Waals surface area contributed by atoms with Gasteiger partial charge in [0.05, 0.1) is 13.0 Å². The summed E-state index contributed by atoms with van der Waals surface area (Å²) < 4.78 is 16.2. The van der Waals surface area contributed by atoms with E-state index in [0.29, 0.717) is 16.9 Å². The van der Waals surface area contributed by atoms with E-state index < -0.39 is 11.6 Å². The van der Waals surface area contributed by atoms with Crippen LogP contribution < -0.4 is 10.4 Å². The minimum absolute atomic E-state index is 0.000276. The largest absolute Gasteiger partial charge is 0.493 e. The number of hydrogen-bond donors (Lipinski definition) is 0. The maximum atomic E-state index is 12.1. The van der Waals surface area contributed by atoms with E-state index >= 15 is 0 Å². The van der Waals surface area contributed by atoms with Gasteiger partial charge in [0.15, 0.2) is 0 Å². The van der Waals surface area contributed by atoms with Crippen molar-refractivity contribution in [2.24, 2.45) is 0 Å². The molecule has 140 valence electrons. The number of benzene rings is 3. The van der Waals surface area contributed by atoms with Crippen molar-refractivity contribution in [3.8, 4) is 5.75 Å². The topological polar surface area (TPSA) is 65.7 Å². The Morgan fingerprint density at radius 3 is 2.57 bits per heavy atom. The number of carbonyl (C=O) groups is 1. The van der Waals surface area contributed by atoms with E-state index in [1.54, 1.807) is 6.07 Å². The highest BCUT2D eigenvalue weighted by molar-refractivity contribution is 6.07. The van der Waals surface area contributed by atoms with Crippen LogP contribution in [0, 0.1) is 0 Å². The van der Waals surface area contributed by atoms with Crippen LogP contribution in [-0.4, -0.2) is 12.6 Å². The fourth-order valence-electron chi connectivity index (χ4n) is 3.13. The highest BCUT2D eigenvalue weighted by Crippen LogP contribution is 2.27. The molecule has 0 saturated carbocycles. The van der Waals surface area contributed by atoms with Crippen molar-refractivity contribution in [1.82, 2.24) is 0 Å². The van der Waals surface area contributed by atoms with E-state index in [9.17, 15) is 9.59 Å². The first-order chi connectivity index (χ1) is 13.7. The molecule has 0 spiro atoms. The summed E-state index contributed by atoms with van der Waals surface area (Å²) in [5.41, 5.74) is 0.631. The van der Waals surface area contributed by atoms with Gasteiger partial charge in [-0.1, -0.05) is 48.5 Å². The molecular formula is C23H18O5. The van der Waals surface area contributed by atoms with Gasteiger partial charge in [-0.15, -0.1) is 0 Å². The standard InChI is InChI=1S/C23H18O5/c24-21(12-13-26-18-7-2-1-3-8-18)27-15-17-14-22(25)28-20-11-10-16-6-4-5-9-19(16)23(17)20/h1-11,14H,12-13,15H2. The molecule has 0 fully saturated rings. The van der Waals surface area contributed by atoms with Gasteiger partial charge in [0.25, 0.3) is 0 Å². The lowest BCUT2D eigenvalue weighted by Gasteiger charge is -2.10. The van der Waals surface area contributed by atoms with Gasteiger partial charge in [-0.2, -0.15) is 0 Å². The lowest BCUT2D eigenvalue weighted by Crippen LogP contribution is -2.11. The van der Waals surface area contributed by atoms with E-state index in [1.807, 2.05) is 60.7 Å². The van der Waals surface area contributed by atoms with Crippen molar-refractivity contribution in [2.45, 2.75) is 13.0 Å². The first-order valence-electron chi connectivity index (χ1n) is 8.99. The second-order valence-corrected chi connectivity index (χ2v) is 6.32. The van der Waals surface area contributed by atoms with E-state index in [1.165, 1.54) is 6.07 Å². The molecule has 0 bridgehead atoms. The maximum absolute atomic E-state index is 12.1. The third-order valence-electron chi connectivity index (χ3n) is 4.42. The summed E-state index contributed by atoms with van der Waals surface area (Å²) in [4.78, 5) is 24.0. The van der Waals surface area contributed by atoms with E-state index in [0.717, 1.165) is 16.2 Å².